The Kier molecular flexibility index (Phi) is 22.2. The molecule has 0 aliphatic rings. The van der Waals surface area contributed by atoms with Crippen LogP contribution in [0.4, 0.5) is 37.7 Å². The van der Waals surface area contributed by atoms with E-state index in [-0.39, 0.29) is 43.6 Å². The first-order valence-electron chi connectivity index (χ1n) is 16.8. The smallest absolute Gasteiger partial charge is 0.272 e. The second kappa shape index (κ2) is 26.7. The number of nitrogen functional groups attached to an aromatic ring is 1. The van der Waals surface area contributed by atoms with Crippen molar-refractivity contribution in [2.24, 2.45) is 4.99 Å². The molecule has 6 rings (SSSR count). The van der Waals surface area contributed by atoms with Crippen LogP contribution in [0.3, 0.4) is 0 Å². The van der Waals surface area contributed by atoms with Gasteiger partial charge in [-0.15, -0.1) is 0 Å². The number of ether oxygens (including phenoxy) is 3. The molecule has 0 amide bonds. The molecule has 4 aromatic heterocycles. The third kappa shape index (κ3) is 19.3. The van der Waals surface area contributed by atoms with E-state index >= 15 is 0 Å². The molecule has 0 spiro atoms. The highest BCUT2D eigenvalue weighted by atomic mass is 79.9. The van der Waals surface area contributed by atoms with E-state index in [2.05, 4.69) is 61.5 Å². The number of nitrogens with two attached hydrogens (primary N) is 1. The Balaban J connectivity index is 0.000000239. The van der Waals surface area contributed by atoms with Crippen LogP contribution in [-0.4, -0.2) is 69.9 Å². The van der Waals surface area contributed by atoms with Crippen LogP contribution in [0.15, 0.2) is 124 Å². The normalized spacial score (nSPS) is 10.4. The summed E-state index contributed by atoms with van der Waals surface area (Å²) in [5.74, 6) is 0.290. The van der Waals surface area contributed by atoms with Gasteiger partial charge in [-0.1, -0.05) is 107 Å². The molecule has 4 heterocycles. The van der Waals surface area contributed by atoms with Crippen LogP contribution in [0.25, 0.3) is 0 Å². The SMILES string of the molecule is FC(F)COc1cc(Br)cnc1Cl.FC(F)COc1cc(N=C(c2ccccc2)c2ccccc2)cnc1Cl.Nc1cnc(Cl)c(OCC(F)F)c1.Oc1cc(Br)cnc1Cl. The number of aromatic nitrogens is 4. The second-order valence-electron chi connectivity index (χ2n) is 11.2. The van der Waals surface area contributed by atoms with Crippen molar-refractivity contribution in [1.29, 1.82) is 0 Å². The molecule has 0 aliphatic carbocycles. The Morgan fingerprint density at radius 3 is 1.41 bits per heavy atom. The Morgan fingerprint density at radius 2 is 0.967 bits per heavy atom. The largest absolute Gasteiger partial charge is 0.505 e. The number of anilines is 1. The maximum absolute atomic E-state index is 12.4. The molecule has 0 saturated heterocycles. The van der Waals surface area contributed by atoms with Crippen LogP contribution < -0.4 is 19.9 Å². The van der Waals surface area contributed by atoms with Gasteiger partial charge in [0, 0.05) is 44.6 Å². The molecule has 2 aromatic carbocycles. The summed E-state index contributed by atoms with van der Waals surface area (Å²) in [5, 5.41) is 9.11. The third-order valence-electron chi connectivity index (χ3n) is 6.61. The number of aromatic hydroxyl groups is 1. The van der Waals surface area contributed by atoms with Crippen molar-refractivity contribution < 1.29 is 45.7 Å². The molecule has 6 aromatic rings. The maximum Gasteiger partial charge on any atom is 0.272 e. The molecule has 0 aliphatic heterocycles. The summed E-state index contributed by atoms with van der Waals surface area (Å²) in [4.78, 5) is 19.6. The van der Waals surface area contributed by atoms with Gasteiger partial charge < -0.3 is 25.1 Å². The Labute approximate surface area is 381 Å². The number of benzene rings is 2. The van der Waals surface area contributed by atoms with E-state index in [1.54, 1.807) is 0 Å². The number of alkyl halides is 6. The monoisotopic (exact) mass is 1060 g/mol. The minimum Gasteiger partial charge on any atom is -0.505 e. The van der Waals surface area contributed by atoms with Gasteiger partial charge >= 0.3 is 0 Å². The van der Waals surface area contributed by atoms with Crippen molar-refractivity contribution in [2.45, 2.75) is 19.3 Å². The van der Waals surface area contributed by atoms with E-state index in [4.69, 9.17) is 66.7 Å². The highest BCUT2D eigenvalue weighted by Crippen LogP contribution is 2.29. The summed E-state index contributed by atoms with van der Waals surface area (Å²) in [6, 6.07) is 25.1. The average Bonchev–Trinajstić information content (AvgIpc) is 3.23. The third-order valence-corrected chi connectivity index (χ3v) is 8.62. The van der Waals surface area contributed by atoms with E-state index in [9.17, 15) is 26.3 Å². The van der Waals surface area contributed by atoms with E-state index in [0.29, 0.717) is 20.3 Å². The van der Waals surface area contributed by atoms with Gasteiger partial charge in [0.15, 0.2) is 43.6 Å². The molecule has 61 heavy (non-hydrogen) atoms. The van der Waals surface area contributed by atoms with Gasteiger partial charge in [-0.3, -0.25) is 0 Å². The highest BCUT2D eigenvalue weighted by molar-refractivity contribution is 9.10. The van der Waals surface area contributed by atoms with E-state index in [1.807, 2.05) is 60.7 Å². The number of hydrogen-bond donors (Lipinski definition) is 2. The van der Waals surface area contributed by atoms with Crippen molar-refractivity contribution in [3.63, 3.8) is 0 Å². The summed E-state index contributed by atoms with van der Waals surface area (Å²) < 4.78 is 87.5. The van der Waals surface area contributed by atoms with Gasteiger partial charge in [-0.25, -0.2) is 51.3 Å². The first-order valence-corrected chi connectivity index (χ1v) is 19.9. The summed E-state index contributed by atoms with van der Waals surface area (Å²) in [6.45, 7) is -2.15. The van der Waals surface area contributed by atoms with Crippen LogP contribution in [0.2, 0.25) is 20.6 Å². The van der Waals surface area contributed by atoms with Crippen molar-refractivity contribution in [1.82, 2.24) is 19.9 Å². The lowest BCUT2D eigenvalue weighted by Crippen LogP contribution is -2.07. The molecule has 0 atom stereocenters. The Hall–Kier alpha value is -4.59. The number of hydrogen-bond acceptors (Lipinski definition) is 10. The fourth-order valence-corrected chi connectivity index (χ4v) is 5.32. The summed E-state index contributed by atoms with van der Waals surface area (Å²) in [5.41, 5.74) is 8.69. The standard InChI is InChI=1S/C20H15ClF2N2O.C7H5BrClF2NO.C7H7ClF2N2O.C5H3BrClNO/c21-20-17(26-13-18(22)23)11-16(12-24-20)25-19(14-7-3-1-4-8-14)15-9-5-2-6-10-15;8-4-1-5(7(9)12-2-4)13-3-6(10)11;8-7-5(13-3-6(9)10)1-4(11)2-12-7;6-3-1-4(9)5(7)8-2-3/h1-12,18H,13H2;1-2,6H,3H2;1-2,6H,3,11H2;1-2,9H. The molecule has 3 N–H and O–H groups in total. The van der Waals surface area contributed by atoms with Crippen LogP contribution in [0, 0.1) is 0 Å². The van der Waals surface area contributed by atoms with Crippen LogP contribution in [0.5, 0.6) is 23.0 Å². The molecule has 0 bridgehead atoms. The lowest BCUT2D eigenvalue weighted by molar-refractivity contribution is 0.0815. The predicted molar refractivity (Wildman–Crippen MR) is 231 cm³/mol. The molecule has 0 radical (unpaired) electrons. The summed E-state index contributed by atoms with van der Waals surface area (Å²) >= 11 is 28.7. The zero-order chi connectivity index (χ0) is 44.9. The van der Waals surface area contributed by atoms with Gasteiger partial charge in [0.25, 0.3) is 19.3 Å². The molecule has 10 nitrogen and oxygen atoms in total. The fraction of sp³-hybridized carbons (Fsp3) is 0.154. The van der Waals surface area contributed by atoms with E-state index < -0.39 is 39.1 Å². The topological polar surface area (TPSA) is 138 Å². The fourth-order valence-electron chi connectivity index (χ4n) is 4.12. The van der Waals surface area contributed by atoms with Crippen molar-refractivity contribution >= 4 is 95.4 Å². The highest BCUT2D eigenvalue weighted by Gasteiger charge is 2.12. The molecule has 0 fully saturated rings. The van der Waals surface area contributed by atoms with Crippen molar-refractivity contribution in [2.75, 3.05) is 25.6 Å². The molecule has 22 heteroatoms. The Morgan fingerprint density at radius 1 is 0.574 bits per heavy atom. The quantitative estimate of drug-likeness (QED) is 0.0697. The number of halogens is 12. The first-order chi connectivity index (χ1) is 29.0. The molecular weight excluding hydrogens is 1030 g/mol. The maximum atomic E-state index is 12.4. The first kappa shape index (κ1) is 50.8. The molecular formula is C39H30Br2Cl4F6N6O4. The summed E-state index contributed by atoms with van der Waals surface area (Å²) in [6.07, 6.45) is -1.89. The van der Waals surface area contributed by atoms with Crippen LogP contribution in [-0.2, 0) is 0 Å². The van der Waals surface area contributed by atoms with Gasteiger partial charge in [-0.2, -0.15) is 0 Å². The minimum absolute atomic E-state index is 0.00829. The van der Waals surface area contributed by atoms with Crippen LogP contribution >= 0.6 is 78.3 Å². The Bertz CT molecular complexity index is 2200. The van der Waals surface area contributed by atoms with Crippen molar-refractivity contribution in [3.8, 4) is 23.0 Å². The number of rotatable bonds is 12. The zero-order valence-electron chi connectivity index (χ0n) is 30.8. The number of nitrogens with zero attached hydrogens (tertiary/aromatic N) is 5. The molecule has 0 unspecified atom stereocenters. The van der Waals surface area contributed by atoms with Gasteiger partial charge in [0.2, 0.25) is 0 Å². The zero-order valence-corrected chi connectivity index (χ0v) is 37.0. The molecule has 324 valence electrons. The second-order valence-corrected chi connectivity index (χ2v) is 14.5. The lowest BCUT2D eigenvalue weighted by atomic mass is 10.0. The van der Waals surface area contributed by atoms with Gasteiger partial charge in [0.05, 0.1) is 29.5 Å². The summed E-state index contributed by atoms with van der Waals surface area (Å²) in [7, 11) is 0. The van der Waals surface area contributed by atoms with E-state index in [1.165, 1.54) is 49.1 Å². The minimum atomic E-state index is -2.59. The van der Waals surface area contributed by atoms with E-state index in [0.717, 1.165) is 16.8 Å². The average molecular weight is 1060 g/mol. The van der Waals surface area contributed by atoms with Gasteiger partial charge in [-0.05, 0) is 44.0 Å². The number of aliphatic imine (C=N–C) groups is 1. The molecule has 0 saturated carbocycles. The van der Waals surface area contributed by atoms with Gasteiger partial charge in [0.1, 0.15) is 19.8 Å². The predicted octanol–water partition coefficient (Wildman–Crippen LogP) is 12.9. The van der Waals surface area contributed by atoms with Crippen molar-refractivity contribution in [3.05, 3.63) is 150 Å². The van der Waals surface area contributed by atoms with Crippen LogP contribution in [0.1, 0.15) is 11.1 Å². The lowest BCUT2D eigenvalue weighted by Gasteiger charge is -2.10. The number of pyridine rings is 4.